The third-order valence-corrected chi connectivity index (χ3v) is 8.32. The molecule has 40 heavy (non-hydrogen) atoms. The summed E-state index contributed by atoms with van der Waals surface area (Å²) in [6.45, 7) is 1.73. The summed E-state index contributed by atoms with van der Waals surface area (Å²) >= 11 is 6.19. The lowest BCUT2D eigenvalue weighted by atomic mass is 9.82. The highest BCUT2D eigenvalue weighted by Gasteiger charge is 2.62. The third-order valence-electron chi connectivity index (χ3n) is 8.01. The van der Waals surface area contributed by atoms with Crippen LogP contribution in [0.1, 0.15) is 48.0 Å². The van der Waals surface area contributed by atoms with Crippen LogP contribution in [0.15, 0.2) is 36.4 Å². The Kier molecular flexibility index (Phi) is 8.84. The Labute approximate surface area is 234 Å². The summed E-state index contributed by atoms with van der Waals surface area (Å²) in [5.41, 5.74) is 1.70. The Balaban J connectivity index is 1.34. The van der Waals surface area contributed by atoms with Crippen molar-refractivity contribution in [3.8, 4) is 5.75 Å². The molecular weight excluding hydrogens is 554 g/mol. The monoisotopic (exact) mass is 585 g/mol. The fraction of sp³-hybridized carbons (Fsp3) is 0.500. The summed E-state index contributed by atoms with van der Waals surface area (Å²) in [5.74, 6) is -2.73. The largest absolute Gasteiger partial charge is 0.497 e. The SMILES string of the molecule is COc1cc(F)cc([C@@](O)(C(=O)N2CCC(CC3CCN(c4ccc(C(N)=O)c(Cl)c4)CC3)CC2)C(F)(F)F)c1. The molecular formula is C28H32ClF4N3O4. The number of alkyl halides is 3. The van der Waals surface area contributed by atoms with Gasteiger partial charge in [0.15, 0.2) is 0 Å². The van der Waals surface area contributed by atoms with Crippen LogP contribution in [0.25, 0.3) is 0 Å². The molecule has 0 bridgehead atoms. The zero-order chi connectivity index (χ0) is 29.2. The minimum atomic E-state index is -5.36. The van der Waals surface area contributed by atoms with Gasteiger partial charge in [0, 0.05) is 43.5 Å². The number of ether oxygens (including phenoxy) is 1. The maximum Gasteiger partial charge on any atom is 0.430 e. The summed E-state index contributed by atoms with van der Waals surface area (Å²) in [6.07, 6.45) is -1.61. The van der Waals surface area contributed by atoms with Crippen molar-refractivity contribution in [1.29, 1.82) is 0 Å². The first-order chi connectivity index (χ1) is 18.8. The number of primary amides is 1. The maximum atomic E-state index is 14.1. The van der Waals surface area contributed by atoms with Crippen molar-refractivity contribution in [3.05, 3.63) is 58.4 Å². The van der Waals surface area contributed by atoms with Crippen LogP contribution in [0, 0.1) is 17.7 Å². The lowest BCUT2D eigenvalue weighted by Crippen LogP contribution is -2.57. The van der Waals surface area contributed by atoms with E-state index in [2.05, 4.69) is 4.90 Å². The molecule has 0 aliphatic carbocycles. The van der Waals surface area contributed by atoms with Gasteiger partial charge in [-0.1, -0.05) is 11.6 Å². The van der Waals surface area contributed by atoms with Crippen LogP contribution >= 0.6 is 11.6 Å². The second-order valence-electron chi connectivity index (χ2n) is 10.5. The molecule has 2 aliphatic rings. The Morgan fingerprint density at radius 2 is 1.62 bits per heavy atom. The summed E-state index contributed by atoms with van der Waals surface area (Å²) in [7, 11) is 1.15. The topological polar surface area (TPSA) is 96.1 Å². The zero-order valence-electron chi connectivity index (χ0n) is 22.0. The van der Waals surface area contributed by atoms with E-state index in [-0.39, 0.29) is 30.3 Å². The summed E-state index contributed by atoms with van der Waals surface area (Å²) < 4.78 is 61.1. The maximum absolute atomic E-state index is 14.1. The first-order valence-corrected chi connectivity index (χ1v) is 13.5. The number of likely N-dealkylation sites (tertiary alicyclic amines) is 1. The average molecular weight is 586 g/mol. The fourth-order valence-corrected chi connectivity index (χ4v) is 5.97. The van der Waals surface area contributed by atoms with E-state index in [0.29, 0.717) is 29.8 Å². The first-order valence-electron chi connectivity index (χ1n) is 13.1. The predicted octanol–water partition coefficient (Wildman–Crippen LogP) is 4.88. The van der Waals surface area contributed by atoms with Crippen molar-refractivity contribution in [2.75, 3.05) is 38.2 Å². The van der Waals surface area contributed by atoms with E-state index in [0.717, 1.165) is 62.2 Å². The number of amides is 2. The number of carbonyl (C=O) groups excluding carboxylic acids is 2. The molecule has 0 unspecified atom stereocenters. The number of nitrogens with two attached hydrogens (primary N) is 1. The Hall–Kier alpha value is -3.05. The lowest BCUT2D eigenvalue weighted by Gasteiger charge is -2.40. The van der Waals surface area contributed by atoms with E-state index >= 15 is 0 Å². The molecule has 7 nitrogen and oxygen atoms in total. The quantitative estimate of drug-likeness (QED) is 0.452. The van der Waals surface area contributed by atoms with Gasteiger partial charge in [-0.15, -0.1) is 0 Å². The highest BCUT2D eigenvalue weighted by Crippen LogP contribution is 2.43. The Morgan fingerprint density at radius 3 is 2.15 bits per heavy atom. The summed E-state index contributed by atoms with van der Waals surface area (Å²) in [5, 5.41) is 11.0. The Morgan fingerprint density at radius 1 is 1.02 bits per heavy atom. The highest BCUT2D eigenvalue weighted by atomic mass is 35.5. The van der Waals surface area contributed by atoms with Gasteiger partial charge in [0.25, 0.3) is 11.5 Å². The number of piperidine rings is 2. The van der Waals surface area contributed by atoms with E-state index in [9.17, 15) is 32.3 Å². The minimum absolute atomic E-state index is 0.0674. The van der Waals surface area contributed by atoms with Crippen molar-refractivity contribution in [3.63, 3.8) is 0 Å². The number of hydrogen-bond acceptors (Lipinski definition) is 5. The molecule has 2 aromatic carbocycles. The van der Waals surface area contributed by atoms with Crippen molar-refractivity contribution in [2.24, 2.45) is 17.6 Å². The number of aliphatic hydroxyl groups is 1. The minimum Gasteiger partial charge on any atom is -0.497 e. The molecule has 0 spiro atoms. The van der Waals surface area contributed by atoms with Crippen molar-refractivity contribution < 1.29 is 37.0 Å². The van der Waals surface area contributed by atoms with Gasteiger partial charge in [0.05, 0.1) is 17.7 Å². The second kappa shape index (κ2) is 11.8. The number of rotatable bonds is 7. The molecule has 0 radical (unpaired) electrons. The smallest absolute Gasteiger partial charge is 0.430 e. The van der Waals surface area contributed by atoms with Gasteiger partial charge in [-0.25, -0.2) is 4.39 Å². The van der Waals surface area contributed by atoms with Gasteiger partial charge in [0.2, 0.25) is 5.91 Å². The summed E-state index contributed by atoms with van der Waals surface area (Å²) in [4.78, 5) is 27.7. The van der Waals surface area contributed by atoms with Crippen molar-refractivity contribution in [2.45, 2.75) is 43.9 Å². The molecule has 2 amide bonds. The molecule has 12 heteroatoms. The van der Waals surface area contributed by atoms with Gasteiger partial charge < -0.3 is 25.4 Å². The molecule has 0 aromatic heterocycles. The highest BCUT2D eigenvalue weighted by molar-refractivity contribution is 6.34. The lowest BCUT2D eigenvalue weighted by molar-refractivity contribution is -0.262. The van der Waals surface area contributed by atoms with E-state index in [1.165, 1.54) is 0 Å². The van der Waals surface area contributed by atoms with Gasteiger partial charge in [-0.2, -0.15) is 13.2 Å². The molecule has 1 atom stereocenters. The standard InChI is InChI=1S/C28H32ClF4N3O4/c1-40-22-14-19(13-20(30)15-22)27(39,28(31,32)33)26(38)36-10-6-18(7-11-36)12-17-4-8-35(9-5-17)21-2-3-23(25(34)37)24(29)16-21/h2-3,13-18,39H,4-12H2,1H3,(H2,34,37)/t27-/m1/s1. The number of nitrogens with zero attached hydrogens (tertiary/aromatic N) is 2. The second-order valence-corrected chi connectivity index (χ2v) is 10.9. The third kappa shape index (κ3) is 6.15. The molecule has 2 saturated heterocycles. The zero-order valence-corrected chi connectivity index (χ0v) is 22.8. The number of halogens is 5. The van der Waals surface area contributed by atoms with Crippen LogP contribution in [0.4, 0.5) is 23.2 Å². The molecule has 218 valence electrons. The fourth-order valence-electron chi connectivity index (χ4n) is 5.70. The number of hydrogen-bond donors (Lipinski definition) is 2. The van der Waals surface area contributed by atoms with Gasteiger partial charge in [-0.3, -0.25) is 9.59 Å². The summed E-state index contributed by atoms with van der Waals surface area (Å²) in [6, 6.07) is 7.37. The number of carbonyl (C=O) groups is 2. The van der Waals surface area contributed by atoms with E-state index in [4.69, 9.17) is 22.1 Å². The van der Waals surface area contributed by atoms with Crippen LogP contribution in [-0.2, 0) is 10.4 Å². The molecule has 3 N–H and O–H groups in total. The van der Waals surface area contributed by atoms with Crippen LogP contribution in [0.5, 0.6) is 5.75 Å². The molecule has 4 rings (SSSR count). The van der Waals surface area contributed by atoms with Crippen molar-refractivity contribution >= 4 is 29.1 Å². The Bertz CT molecular complexity index is 1240. The average Bonchev–Trinajstić information content (AvgIpc) is 2.91. The normalized spacial score (nSPS) is 18.9. The predicted molar refractivity (Wildman–Crippen MR) is 142 cm³/mol. The van der Waals surface area contributed by atoms with Crippen LogP contribution in [0.3, 0.4) is 0 Å². The van der Waals surface area contributed by atoms with Gasteiger partial charge >= 0.3 is 6.18 Å². The molecule has 2 aliphatic heterocycles. The van der Waals surface area contributed by atoms with Crippen molar-refractivity contribution in [1.82, 2.24) is 4.90 Å². The van der Waals surface area contributed by atoms with E-state index in [1.54, 1.807) is 12.1 Å². The number of methoxy groups -OCH3 is 1. The molecule has 2 fully saturated rings. The molecule has 2 aromatic rings. The van der Waals surface area contributed by atoms with Gasteiger partial charge in [-0.05, 0) is 74.3 Å². The molecule has 0 saturated carbocycles. The van der Waals surface area contributed by atoms with E-state index in [1.807, 2.05) is 6.07 Å². The van der Waals surface area contributed by atoms with Crippen LogP contribution < -0.4 is 15.4 Å². The number of anilines is 1. The van der Waals surface area contributed by atoms with E-state index < -0.39 is 35.0 Å². The van der Waals surface area contributed by atoms with Crippen LogP contribution in [0.2, 0.25) is 5.02 Å². The number of benzene rings is 2. The van der Waals surface area contributed by atoms with Gasteiger partial charge in [0.1, 0.15) is 11.6 Å². The first kappa shape index (κ1) is 29.9. The molecule has 2 heterocycles. The van der Waals surface area contributed by atoms with Crippen LogP contribution in [-0.4, -0.2) is 61.3 Å².